The summed E-state index contributed by atoms with van der Waals surface area (Å²) in [6.07, 6.45) is 2.63. The predicted octanol–water partition coefficient (Wildman–Crippen LogP) is 1.66. The average molecular weight is 235 g/mol. The number of pyridine rings is 1. The second-order valence-electron chi connectivity index (χ2n) is 4.17. The molecular formula is C12H17N3O2. The molecule has 1 aliphatic heterocycles. The van der Waals surface area contributed by atoms with E-state index in [2.05, 4.69) is 4.98 Å². The van der Waals surface area contributed by atoms with Crippen molar-refractivity contribution in [3.63, 3.8) is 0 Å². The molecule has 0 aromatic carbocycles. The Hall–Kier alpha value is -1.78. The van der Waals surface area contributed by atoms with Gasteiger partial charge < -0.3 is 9.64 Å². The molecule has 1 fully saturated rings. The first kappa shape index (κ1) is 11.7. The third-order valence-electron chi connectivity index (χ3n) is 3.04. The van der Waals surface area contributed by atoms with Crippen LogP contribution in [-0.4, -0.2) is 43.2 Å². The van der Waals surface area contributed by atoms with Crippen molar-refractivity contribution >= 4 is 11.8 Å². The Balaban J connectivity index is 2.36. The van der Waals surface area contributed by atoms with Crippen LogP contribution in [0.1, 0.15) is 12.0 Å². The molecule has 2 heterocycles. The summed E-state index contributed by atoms with van der Waals surface area (Å²) in [6, 6.07) is 1.80. The van der Waals surface area contributed by atoms with Gasteiger partial charge in [0.05, 0.1) is 7.11 Å². The lowest BCUT2D eigenvalue weighted by Crippen LogP contribution is -2.48. The molecule has 92 valence electrons. The summed E-state index contributed by atoms with van der Waals surface area (Å²) in [5.74, 6) is 1.46. The van der Waals surface area contributed by atoms with E-state index in [1.54, 1.807) is 29.2 Å². The minimum atomic E-state index is 0.0000954. The molecule has 1 aromatic rings. The molecule has 0 atom stereocenters. The van der Waals surface area contributed by atoms with E-state index in [0.29, 0.717) is 12.4 Å². The molecule has 0 N–H and O–H groups in total. The first-order valence-electron chi connectivity index (χ1n) is 5.67. The van der Waals surface area contributed by atoms with E-state index < -0.39 is 0 Å². The first-order valence-corrected chi connectivity index (χ1v) is 5.67. The van der Waals surface area contributed by atoms with E-state index in [1.807, 2.05) is 14.0 Å². The number of carbonyl (C=O) groups excluding carboxylic acids is 1. The predicted molar refractivity (Wildman–Crippen MR) is 65.5 cm³/mol. The first-order chi connectivity index (χ1) is 8.15. The zero-order valence-corrected chi connectivity index (χ0v) is 10.4. The highest BCUT2D eigenvalue weighted by Gasteiger charge is 2.26. The van der Waals surface area contributed by atoms with Crippen molar-refractivity contribution in [1.29, 1.82) is 0 Å². The summed E-state index contributed by atoms with van der Waals surface area (Å²) in [5, 5.41) is 0. The molecule has 1 saturated heterocycles. The van der Waals surface area contributed by atoms with Gasteiger partial charge in [-0.25, -0.2) is 9.78 Å². The molecule has 17 heavy (non-hydrogen) atoms. The van der Waals surface area contributed by atoms with Crippen LogP contribution in [0.4, 0.5) is 10.6 Å². The molecule has 0 saturated carbocycles. The van der Waals surface area contributed by atoms with Gasteiger partial charge in [0.25, 0.3) is 0 Å². The van der Waals surface area contributed by atoms with Crippen molar-refractivity contribution in [3.05, 3.63) is 17.8 Å². The van der Waals surface area contributed by atoms with Crippen LogP contribution in [0.2, 0.25) is 0 Å². The van der Waals surface area contributed by atoms with Crippen molar-refractivity contribution in [2.24, 2.45) is 0 Å². The van der Waals surface area contributed by atoms with Crippen molar-refractivity contribution in [2.75, 3.05) is 32.1 Å². The lowest BCUT2D eigenvalue weighted by molar-refractivity contribution is 0.207. The van der Waals surface area contributed by atoms with Crippen molar-refractivity contribution in [3.8, 4) is 5.75 Å². The maximum absolute atomic E-state index is 12.0. The number of hydrogen-bond acceptors (Lipinski definition) is 3. The molecule has 1 aromatic heterocycles. The fourth-order valence-electron chi connectivity index (χ4n) is 2.06. The number of anilines is 1. The number of carbonyl (C=O) groups is 1. The standard InChI is InChI=1S/C12H17N3O2/c1-9-10(17-3)5-6-13-11(9)15-8-4-7-14(2)12(15)16/h5-6H,4,7-8H2,1-3H3. The molecule has 0 aliphatic carbocycles. The van der Waals surface area contributed by atoms with Gasteiger partial charge in [-0.05, 0) is 19.4 Å². The van der Waals surface area contributed by atoms with E-state index in [0.717, 1.165) is 24.3 Å². The van der Waals surface area contributed by atoms with Crippen LogP contribution < -0.4 is 9.64 Å². The van der Waals surface area contributed by atoms with E-state index in [9.17, 15) is 4.79 Å². The smallest absolute Gasteiger partial charge is 0.325 e. The van der Waals surface area contributed by atoms with Gasteiger partial charge in [-0.2, -0.15) is 0 Å². The monoisotopic (exact) mass is 235 g/mol. The van der Waals surface area contributed by atoms with Crippen LogP contribution in [0.15, 0.2) is 12.3 Å². The summed E-state index contributed by atoms with van der Waals surface area (Å²) in [4.78, 5) is 19.8. The van der Waals surface area contributed by atoms with Crippen LogP contribution in [0.3, 0.4) is 0 Å². The third-order valence-corrected chi connectivity index (χ3v) is 3.04. The Kier molecular flexibility index (Phi) is 3.17. The Morgan fingerprint density at radius 1 is 1.41 bits per heavy atom. The van der Waals surface area contributed by atoms with Crippen molar-refractivity contribution in [2.45, 2.75) is 13.3 Å². The van der Waals surface area contributed by atoms with Gasteiger partial charge in [0, 0.05) is 31.9 Å². The summed E-state index contributed by atoms with van der Waals surface area (Å²) in [5.41, 5.74) is 0.902. The number of urea groups is 1. The molecule has 2 rings (SSSR count). The molecular weight excluding hydrogens is 218 g/mol. The number of rotatable bonds is 2. The number of aromatic nitrogens is 1. The quantitative estimate of drug-likeness (QED) is 0.783. The number of nitrogens with zero attached hydrogens (tertiary/aromatic N) is 3. The Labute approximate surface area is 101 Å². The minimum absolute atomic E-state index is 0.0000954. The minimum Gasteiger partial charge on any atom is -0.496 e. The molecule has 0 radical (unpaired) electrons. The number of ether oxygens (including phenoxy) is 1. The Morgan fingerprint density at radius 2 is 2.18 bits per heavy atom. The van der Waals surface area contributed by atoms with Gasteiger partial charge in [-0.3, -0.25) is 4.90 Å². The summed E-state index contributed by atoms with van der Waals surface area (Å²) < 4.78 is 5.25. The number of methoxy groups -OCH3 is 1. The van der Waals surface area contributed by atoms with Crippen LogP contribution in [-0.2, 0) is 0 Å². The number of amides is 2. The Morgan fingerprint density at radius 3 is 2.88 bits per heavy atom. The Bertz CT molecular complexity index is 434. The zero-order chi connectivity index (χ0) is 12.4. The fraction of sp³-hybridized carbons (Fsp3) is 0.500. The summed E-state index contributed by atoms with van der Waals surface area (Å²) in [7, 11) is 3.43. The van der Waals surface area contributed by atoms with Crippen LogP contribution >= 0.6 is 0 Å². The largest absolute Gasteiger partial charge is 0.496 e. The van der Waals surface area contributed by atoms with Crippen molar-refractivity contribution < 1.29 is 9.53 Å². The van der Waals surface area contributed by atoms with Crippen LogP contribution in [0, 0.1) is 6.92 Å². The van der Waals surface area contributed by atoms with Crippen molar-refractivity contribution in [1.82, 2.24) is 9.88 Å². The van der Waals surface area contributed by atoms with E-state index in [4.69, 9.17) is 4.74 Å². The van der Waals surface area contributed by atoms with E-state index in [1.165, 1.54) is 0 Å². The molecule has 0 spiro atoms. The van der Waals surface area contributed by atoms with Gasteiger partial charge in [0.15, 0.2) is 0 Å². The zero-order valence-electron chi connectivity index (χ0n) is 10.4. The lowest BCUT2D eigenvalue weighted by atomic mass is 10.2. The molecule has 5 heteroatoms. The second kappa shape index (κ2) is 4.61. The van der Waals surface area contributed by atoms with Gasteiger partial charge in [0.2, 0.25) is 0 Å². The molecule has 1 aliphatic rings. The lowest BCUT2D eigenvalue weighted by Gasteiger charge is -2.33. The van der Waals surface area contributed by atoms with E-state index in [-0.39, 0.29) is 6.03 Å². The highest BCUT2D eigenvalue weighted by Crippen LogP contribution is 2.27. The summed E-state index contributed by atoms with van der Waals surface area (Å²) in [6.45, 7) is 3.44. The van der Waals surface area contributed by atoms with E-state index >= 15 is 0 Å². The highest BCUT2D eigenvalue weighted by atomic mass is 16.5. The molecule has 0 unspecified atom stereocenters. The SMILES string of the molecule is COc1ccnc(N2CCCN(C)C2=O)c1C. The van der Waals surface area contributed by atoms with Crippen LogP contribution in [0.25, 0.3) is 0 Å². The number of hydrogen-bond donors (Lipinski definition) is 0. The molecule has 2 amide bonds. The maximum Gasteiger partial charge on any atom is 0.325 e. The van der Waals surface area contributed by atoms with Crippen LogP contribution in [0.5, 0.6) is 5.75 Å². The fourth-order valence-corrected chi connectivity index (χ4v) is 2.06. The third kappa shape index (κ3) is 2.05. The topological polar surface area (TPSA) is 45.7 Å². The maximum atomic E-state index is 12.0. The molecule has 0 bridgehead atoms. The van der Waals surface area contributed by atoms with Gasteiger partial charge >= 0.3 is 6.03 Å². The molecule has 5 nitrogen and oxygen atoms in total. The second-order valence-corrected chi connectivity index (χ2v) is 4.17. The van der Waals surface area contributed by atoms with Gasteiger partial charge in [0.1, 0.15) is 11.6 Å². The van der Waals surface area contributed by atoms with Gasteiger partial charge in [-0.15, -0.1) is 0 Å². The summed E-state index contributed by atoms with van der Waals surface area (Å²) >= 11 is 0. The average Bonchev–Trinajstić information content (AvgIpc) is 2.33. The highest BCUT2D eigenvalue weighted by molar-refractivity contribution is 5.92. The van der Waals surface area contributed by atoms with Gasteiger partial charge in [-0.1, -0.05) is 0 Å². The normalized spacial score (nSPS) is 16.3.